The van der Waals surface area contributed by atoms with Crippen LogP contribution in [0.4, 0.5) is 14.6 Å². The van der Waals surface area contributed by atoms with Crippen LogP contribution in [0, 0.1) is 11.6 Å². The van der Waals surface area contributed by atoms with Gasteiger partial charge in [-0.3, -0.25) is 4.57 Å². The Morgan fingerprint density at radius 3 is 2.71 bits per heavy atom. The van der Waals surface area contributed by atoms with E-state index >= 15 is 0 Å². The molecule has 2 fully saturated rings. The van der Waals surface area contributed by atoms with E-state index in [9.17, 15) is 13.6 Å². The summed E-state index contributed by atoms with van der Waals surface area (Å²) in [4.78, 5) is 21.8. The van der Waals surface area contributed by atoms with Crippen LogP contribution in [0.15, 0.2) is 40.8 Å². The molecular formula is C26H33F2N5O2. The molecule has 2 saturated heterocycles. The van der Waals surface area contributed by atoms with Crippen LogP contribution in [-0.2, 0) is 24.1 Å². The normalized spacial score (nSPS) is 21.7. The van der Waals surface area contributed by atoms with Crippen LogP contribution in [0.25, 0.3) is 0 Å². The minimum absolute atomic E-state index is 0.170. The van der Waals surface area contributed by atoms with E-state index in [1.54, 1.807) is 10.6 Å². The van der Waals surface area contributed by atoms with Crippen LogP contribution < -0.4 is 16.3 Å². The van der Waals surface area contributed by atoms with Crippen LogP contribution in [-0.4, -0.2) is 58.9 Å². The lowest BCUT2D eigenvalue weighted by molar-refractivity contribution is 0.0529. The number of ether oxygens (including phenoxy) is 1. The highest BCUT2D eigenvalue weighted by Gasteiger charge is 2.40. The van der Waals surface area contributed by atoms with Gasteiger partial charge in [-0.2, -0.15) is 4.98 Å². The Labute approximate surface area is 204 Å². The smallest absolute Gasteiger partial charge is 0.349 e. The molecular weight excluding hydrogens is 452 g/mol. The lowest BCUT2D eigenvalue weighted by Crippen LogP contribution is -2.58. The van der Waals surface area contributed by atoms with Crippen LogP contribution in [0.3, 0.4) is 0 Å². The fraction of sp³-hybridized carbons (Fsp3) is 0.538. The van der Waals surface area contributed by atoms with Crippen molar-refractivity contribution in [1.82, 2.24) is 14.5 Å². The summed E-state index contributed by atoms with van der Waals surface area (Å²) in [5.74, 6) is -0.826. The highest BCUT2D eigenvalue weighted by molar-refractivity contribution is 5.47. The van der Waals surface area contributed by atoms with E-state index in [1.807, 2.05) is 6.07 Å². The van der Waals surface area contributed by atoms with Crippen molar-refractivity contribution >= 4 is 5.82 Å². The molecule has 3 aliphatic rings. The number of fused-ring (bicyclic) bond motifs is 3. The van der Waals surface area contributed by atoms with Gasteiger partial charge in [0.25, 0.3) is 0 Å². The molecule has 0 spiro atoms. The van der Waals surface area contributed by atoms with E-state index in [4.69, 9.17) is 10.5 Å². The van der Waals surface area contributed by atoms with Crippen LogP contribution >= 0.6 is 0 Å². The number of piperazine rings is 1. The third-order valence-electron chi connectivity index (χ3n) is 7.50. The summed E-state index contributed by atoms with van der Waals surface area (Å²) in [6.45, 7) is 6.53. The highest BCUT2D eigenvalue weighted by atomic mass is 19.2. The van der Waals surface area contributed by atoms with Crippen LogP contribution in [0.2, 0.25) is 0 Å². The first-order valence-electron chi connectivity index (χ1n) is 12.5. The lowest BCUT2D eigenvalue weighted by Gasteiger charge is -2.46. The molecule has 9 heteroatoms. The molecule has 0 saturated carbocycles. The van der Waals surface area contributed by atoms with Gasteiger partial charge < -0.3 is 20.3 Å². The van der Waals surface area contributed by atoms with Crippen molar-refractivity contribution in [2.45, 2.75) is 57.2 Å². The topological polar surface area (TPSA) is 76.6 Å². The minimum Gasteiger partial charge on any atom is -0.381 e. The summed E-state index contributed by atoms with van der Waals surface area (Å²) in [7, 11) is 0. The number of aryl methyl sites for hydroxylation is 2. The number of nitrogens with zero attached hydrogens (tertiary/aromatic N) is 4. The van der Waals surface area contributed by atoms with E-state index < -0.39 is 11.6 Å². The molecule has 5 rings (SSSR count). The molecule has 1 aromatic heterocycles. The second-order valence-electron chi connectivity index (χ2n) is 9.81. The van der Waals surface area contributed by atoms with Gasteiger partial charge in [-0.15, -0.1) is 0 Å². The SMILES string of the molecule is CCC=C(N1CCN2c3cc(CCc4ccc(F)c(F)c4)nc(=O)n3CC2C1)C1(N)CCOCC1. The molecule has 1 aromatic carbocycles. The Morgan fingerprint density at radius 1 is 1.17 bits per heavy atom. The molecule has 188 valence electrons. The Morgan fingerprint density at radius 2 is 1.97 bits per heavy atom. The maximum Gasteiger partial charge on any atom is 0.349 e. The molecule has 2 N–H and O–H groups in total. The summed E-state index contributed by atoms with van der Waals surface area (Å²) >= 11 is 0. The summed E-state index contributed by atoms with van der Waals surface area (Å²) < 4.78 is 34.1. The van der Waals surface area contributed by atoms with Gasteiger partial charge in [0, 0.05) is 44.6 Å². The van der Waals surface area contributed by atoms with E-state index in [2.05, 4.69) is 27.8 Å². The largest absolute Gasteiger partial charge is 0.381 e. The maximum atomic E-state index is 13.5. The Bertz CT molecular complexity index is 1170. The van der Waals surface area contributed by atoms with Gasteiger partial charge in [-0.25, -0.2) is 13.6 Å². The number of allylic oxidation sites excluding steroid dienone is 1. The van der Waals surface area contributed by atoms with Crippen molar-refractivity contribution < 1.29 is 13.5 Å². The predicted octanol–water partition coefficient (Wildman–Crippen LogP) is 2.61. The molecule has 0 aliphatic carbocycles. The molecule has 0 bridgehead atoms. The molecule has 4 heterocycles. The number of anilines is 1. The zero-order chi connectivity index (χ0) is 24.6. The van der Waals surface area contributed by atoms with Crippen LogP contribution in [0.1, 0.15) is 37.4 Å². The Balaban J connectivity index is 1.31. The van der Waals surface area contributed by atoms with Gasteiger partial charge in [-0.05, 0) is 49.8 Å². The van der Waals surface area contributed by atoms with E-state index in [0.717, 1.165) is 50.8 Å². The third kappa shape index (κ3) is 4.71. The molecule has 2 aromatic rings. The number of hydrogen-bond donors (Lipinski definition) is 1. The average Bonchev–Trinajstić information content (AvgIpc) is 3.22. The molecule has 1 unspecified atom stereocenters. The predicted molar refractivity (Wildman–Crippen MR) is 130 cm³/mol. The van der Waals surface area contributed by atoms with Crippen molar-refractivity contribution in [3.05, 3.63) is 69.4 Å². The van der Waals surface area contributed by atoms with Gasteiger partial charge in [-0.1, -0.05) is 19.1 Å². The Kier molecular flexibility index (Phi) is 6.63. The summed E-state index contributed by atoms with van der Waals surface area (Å²) in [5, 5.41) is 0. The van der Waals surface area contributed by atoms with Crippen LogP contribution in [0.5, 0.6) is 0 Å². The number of nitrogens with two attached hydrogens (primary N) is 1. The summed E-state index contributed by atoms with van der Waals surface area (Å²) in [6, 6.07) is 6.05. The molecule has 0 amide bonds. The molecule has 7 nitrogen and oxygen atoms in total. The summed E-state index contributed by atoms with van der Waals surface area (Å²) in [5.41, 5.74) is 8.80. The van der Waals surface area contributed by atoms with Gasteiger partial charge in [0.15, 0.2) is 11.6 Å². The second kappa shape index (κ2) is 9.70. The third-order valence-corrected chi connectivity index (χ3v) is 7.50. The van der Waals surface area contributed by atoms with E-state index in [1.165, 1.54) is 11.8 Å². The minimum atomic E-state index is -0.860. The Hall–Kier alpha value is -2.78. The average molecular weight is 486 g/mol. The first-order chi connectivity index (χ1) is 16.9. The van der Waals surface area contributed by atoms with E-state index in [0.29, 0.717) is 43.9 Å². The number of benzene rings is 1. The van der Waals surface area contributed by atoms with Gasteiger partial charge in [0.05, 0.1) is 23.8 Å². The quantitative estimate of drug-likeness (QED) is 0.678. The van der Waals surface area contributed by atoms with Gasteiger partial charge >= 0.3 is 5.69 Å². The van der Waals surface area contributed by atoms with Crippen molar-refractivity contribution in [2.24, 2.45) is 5.73 Å². The first-order valence-corrected chi connectivity index (χ1v) is 12.5. The number of hydrogen-bond acceptors (Lipinski definition) is 6. The maximum absolute atomic E-state index is 13.5. The zero-order valence-corrected chi connectivity index (χ0v) is 20.2. The fourth-order valence-corrected chi connectivity index (χ4v) is 5.62. The van der Waals surface area contributed by atoms with E-state index in [-0.39, 0.29) is 17.3 Å². The highest BCUT2D eigenvalue weighted by Crippen LogP contribution is 2.34. The number of aromatic nitrogens is 2. The zero-order valence-electron chi connectivity index (χ0n) is 20.2. The van der Waals surface area contributed by atoms with Crippen molar-refractivity contribution in [1.29, 1.82) is 0 Å². The standard InChI is InChI=1S/C26H33F2N5O2/c1-2-3-23(26(29)8-12-35-13-9-26)31-10-11-32-20(16-31)17-33-24(32)15-19(30-25(33)34)6-4-18-5-7-21(27)22(28)14-18/h3,5,7,14-15,20H,2,4,6,8-13,16-17,29H2,1H3. The second-order valence-corrected chi connectivity index (χ2v) is 9.81. The molecule has 3 aliphatic heterocycles. The number of halogens is 2. The molecule has 0 radical (unpaired) electrons. The summed E-state index contributed by atoms with van der Waals surface area (Å²) in [6.07, 6.45) is 5.78. The fourth-order valence-electron chi connectivity index (χ4n) is 5.62. The van der Waals surface area contributed by atoms with Gasteiger partial charge in [0.2, 0.25) is 0 Å². The first kappa shape index (κ1) is 23.9. The lowest BCUT2D eigenvalue weighted by atomic mass is 9.85. The van der Waals surface area contributed by atoms with Crippen molar-refractivity contribution in [3.8, 4) is 0 Å². The molecule has 1 atom stereocenters. The van der Waals surface area contributed by atoms with Crippen molar-refractivity contribution in [3.63, 3.8) is 0 Å². The van der Waals surface area contributed by atoms with Gasteiger partial charge in [0.1, 0.15) is 5.82 Å². The number of rotatable bonds is 6. The van der Waals surface area contributed by atoms with Crippen molar-refractivity contribution in [2.75, 3.05) is 37.7 Å². The monoisotopic (exact) mass is 485 g/mol. The molecule has 35 heavy (non-hydrogen) atoms.